The first-order chi connectivity index (χ1) is 14.3. The topological polar surface area (TPSA) is 126 Å². The molecule has 0 aliphatic heterocycles. The van der Waals surface area contributed by atoms with E-state index in [1.54, 1.807) is 31.2 Å². The molecule has 1 aromatic carbocycles. The Kier molecular flexibility index (Phi) is 6.38. The molecular formula is C19H17ClN4O5S. The second-order valence-electron chi connectivity index (χ2n) is 6.01. The third-order valence-corrected chi connectivity index (χ3v) is 5.58. The molecule has 0 radical (unpaired) electrons. The molecule has 0 spiro atoms. The van der Waals surface area contributed by atoms with Crippen LogP contribution in [0.4, 0.5) is 5.00 Å². The quantitative estimate of drug-likeness (QED) is 0.535. The number of hydrogen-bond donors (Lipinski definition) is 2. The molecule has 3 rings (SSSR count). The lowest BCUT2D eigenvalue weighted by Gasteiger charge is -2.10. The molecule has 2 aromatic heterocycles. The summed E-state index contributed by atoms with van der Waals surface area (Å²) >= 11 is 6.75. The first-order valence-corrected chi connectivity index (χ1v) is 9.74. The van der Waals surface area contributed by atoms with Gasteiger partial charge in [-0.15, -0.1) is 11.3 Å². The summed E-state index contributed by atoms with van der Waals surface area (Å²) in [4.78, 5) is 36.7. The van der Waals surface area contributed by atoms with Gasteiger partial charge in [-0.25, -0.2) is 9.48 Å². The van der Waals surface area contributed by atoms with Crippen LogP contribution in [0.5, 0.6) is 5.75 Å². The molecule has 0 aliphatic carbocycles. The van der Waals surface area contributed by atoms with E-state index in [4.69, 9.17) is 26.8 Å². The molecule has 2 amide bonds. The number of esters is 1. The number of ether oxygens (including phenoxy) is 2. The van der Waals surface area contributed by atoms with E-state index in [2.05, 4.69) is 10.4 Å². The van der Waals surface area contributed by atoms with Crippen molar-refractivity contribution in [1.82, 2.24) is 9.78 Å². The average Bonchev–Trinajstić information content (AvgIpc) is 3.31. The number of benzene rings is 1. The lowest BCUT2D eigenvalue weighted by molar-refractivity contribution is 0.0601. The maximum atomic E-state index is 12.8. The predicted molar refractivity (Wildman–Crippen MR) is 111 cm³/mol. The number of methoxy groups -OCH3 is 1. The van der Waals surface area contributed by atoms with E-state index < -0.39 is 17.8 Å². The second-order valence-corrected chi connectivity index (χ2v) is 7.47. The highest BCUT2D eigenvalue weighted by molar-refractivity contribution is 7.18. The lowest BCUT2D eigenvalue weighted by atomic mass is 10.1. The van der Waals surface area contributed by atoms with Crippen molar-refractivity contribution in [2.45, 2.75) is 13.7 Å². The van der Waals surface area contributed by atoms with E-state index in [0.717, 1.165) is 11.3 Å². The number of amides is 2. The molecule has 156 valence electrons. The number of anilines is 1. The number of primary amides is 1. The highest BCUT2D eigenvalue weighted by atomic mass is 35.5. The zero-order valence-corrected chi connectivity index (χ0v) is 17.5. The van der Waals surface area contributed by atoms with Gasteiger partial charge in [0.2, 0.25) is 0 Å². The molecule has 3 aromatic rings. The minimum absolute atomic E-state index is 0.0305. The molecule has 0 aliphatic rings. The number of rotatable bonds is 7. The van der Waals surface area contributed by atoms with Crippen LogP contribution in [0.15, 0.2) is 36.5 Å². The molecule has 0 unspecified atom stereocenters. The number of aromatic nitrogens is 2. The fourth-order valence-corrected chi connectivity index (χ4v) is 3.81. The van der Waals surface area contributed by atoms with Crippen molar-refractivity contribution in [2.24, 2.45) is 5.73 Å². The third kappa shape index (κ3) is 4.44. The monoisotopic (exact) mass is 448 g/mol. The number of thiophene rings is 1. The number of nitrogens with zero attached hydrogens (tertiary/aromatic N) is 2. The van der Waals surface area contributed by atoms with E-state index in [9.17, 15) is 14.4 Å². The van der Waals surface area contributed by atoms with Gasteiger partial charge in [0, 0.05) is 11.2 Å². The summed E-state index contributed by atoms with van der Waals surface area (Å²) in [5, 5.41) is 7.44. The van der Waals surface area contributed by atoms with Crippen LogP contribution in [0, 0.1) is 6.92 Å². The first-order valence-electron chi connectivity index (χ1n) is 8.54. The van der Waals surface area contributed by atoms with Crippen LogP contribution in [0.1, 0.15) is 36.1 Å². The van der Waals surface area contributed by atoms with Crippen molar-refractivity contribution < 1.29 is 23.9 Å². The Morgan fingerprint density at radius 1 is 1.23 bits per heavy atom. The minimum atomic E-state index is -0.704. The SMILES string of the molecule is COC(=O)c1c(NC(=O)c2ccnn2COc2ccc(Cl)cc2)sc(C(N)=O)c1C. The molecule has 0 atom stereocenters. The molecule has 3 N–H and O–H groups in total. The zero-order valence-electron chi connectivity index (χ0n) is 16.0. The molecule has 30 heavy (non-hydrogen) atoms. The Bertz CT molecular complexity index is 1110. The van der Waals surface area contributed by atoms with Gasteiger partial charge < -0.3 is 20.5 Å². The van der Waals surface area contributed by atoms with Gasteiger partial charge in [0.05, 0.1) is 17.6 Å². The minimum Gasteiger partial charge on any atom is -0.471 e. The summed E-state index contributed by atoms with van der Waals surface area (Å²) in [5.41, 5.74) is 5.97. The van der Waals surface area contributed by atoms with Crippen molar-refractivity contribution in [3.05, 3.63) is 63.2 Å². The van der Waals surface area contributed by atoms with Crippen LogP contribution in [0.25, 0.3) is 0 Å². The molecule has 9 nitrogen and oxygen atoms in total. The number of halogens is 1. The first kappa shape index (κ1) is 21.3. The van der Waals surface area contributed by atoms with Crippen molar-refractivity contribution >= 4 is 45.7 Å². The van der Waals surface area contributed by atoms with Crippen molar-refractivity contribution in [3.8, 4) is 5.75 Å². The molecule has 0 saturated carbocycles. The summed E-state index contributed by atoms with van der Waals surface area (Å²) in [6.07, 6.45) is 1.44. The van der Waals surface area contributed by atoms with Gasteiger partial charge in [0.15, 0.2) is 6.73 Å². The van der Waals surface area contributed by atoms with Crippen LogP contribution in [-0.2, 0) is 11.5 Å². The number of hydrogen-bond acceptors (Lipinski definition) is 7. The molecule has 0 fully saturated rings. The largest absolute Gasteiger partial charge is 0.471 e. The van der Waals surface area contributed by atoms with Crippen LogP contribution >= 0.6 is 22.9 Å². The van der Waals surface area contributed by atoms with E-state index in [-0.39, 0.29) is 27.9 Å². The summed E-state index contributed by atoms with van der Waals surface area (Å²) in [7, 11) is 1.21. The van der Waals surface area contributed by atoms with Gasteiger partial charge in [0.1, 0.15) is 16.4 Å². The van der Waals surface area contributed by atoms with E-state index >= 15 is 0 Å². The Hall–Kier alpha value is -3.37. The maximum absolute atomic E-state index is 12.8. The fraction of sp³-hybridized carbons (Fsp3) is 0.158. The van der Waals surface area contributed by atoms with Gasteiger partial charge in [0.25, 0.3) is 11.8 Å². The number of nitrogens with two attached hydrogens (primary N) is 1. The van der Waals surface area contributed by atoms with Crippen molar-refractivity contribution in [2.75, 3.05) is 12.4 Å². The maximum Gasteiger partial charge on any atom is 0.341 e. The molecule has 11 heteroatoms. The van der Waals surface area contributed by atoms with Crippen molar-refractivity contribution in [1.29, 1.82) is 0 Å². The summed E-state index contributed by atoms with van der Waals surface area (Å²) in [6.45, 7) is 1.53. The third-order valence-electron chi connectivity index (χ3n) is 4.10. The molecule has 0 bridgehead atoms. The number of carbonyl (C=O) groups excluding carboxylic acids is 3. The number of carbonyl (C=O) groups is 3. The highest BCUT2D eigenvalue weighted by Crippen LogP contribution is 2.33. The molecule has 0 saturated heterocycles. The van der Waals surface area contributed by atoms with Crippen LogP contribution in [0.3, 0.4) is 0 Å². The normalized spacial score (nSPS) is 10.5. The van der Waals surface area contributed by atoms with E-state index in [0.29, 0.717) is 16.3 Å². The van der Waals surface area contributed by atoms with E-state index in [1.165, 1.54) is 24.1 Å². The lowest BCUT2D eigenvalue weighted by Crippen LogP contribution is -2.20. The van der Waals surface area contributed by atoms with Gasteiger partial charge in [-0.05, 0) is 42.8 Å². The Morgan fingerprint density at radius 3 is 2.57 bits per heavy atom. The molecule has 2 heterocycles. The van der Waals surface area contributed by atoms with Crippen molar-refractivity contribution in [3.63, 3.8) is 0 Å². The second kappa shape index (κ2) is 8.97. The average molecular weight is 449 g/mol. The van der Waals surface area contributed by atoms with Crippen LogP contribution < -0.4 is 15.8 Å². The molecular weight excluding hydrogens is 432 g/mol. The smallest absolute Gasteiger partial charge is 0.341 e. The standard InChI is InChI=1S/C19H17ClN4O5S/c1-10-14(19(27)28-2)18(30-15(10)16(21)25)23-17(26)13-7-8-22-24(13)9-29-12-5-3-11(20)4-6-12/h3-8H,9H2,1-2H3,(H2,21,25)(H,23,26). The summed E-state index contributed by atoms with van der Waals surface area (Å²) in [5.74, 6) is -1.39. The van der Waals surface area contributed by atoms with Crippen LogP contribution in [0.2, 0.25) is 5.02 Å². The summed E-state index contributed by atoms with van der Waals surface area (Å²) in [6, 6.07) is 8.23. The number of nitrogens with one attached hydrogen (secondary N) is 1. The Labute approximate surface area is 180 Å². The highest BCUT2D eigenvalue weighted by Gasteiger charge is 2.26. The fourth-order valence-electron chi connectivity index (χ4n) is 2.65. The van der Waals surface area contributed by atoms with Gasteiger partial charge in [-0.3, -0.25) is 9.59 Å². The zero-order chi connectivity index (χ0) is 21.8. The Morgan fingerprint density at radius 2 is 1.93 bits per heavy atom. The van der Waals surface area contributed by atoms with E-state index in [1.807, 2.05) is 0 Å². The summed E-state index contributed by atoms with van der Waals surface area (Å²) < 4.78 is 11.7. The Balaban J connectivity index is 1.81. The van der Waals surface area contributed by atoms with Gasteiger partial charge >= 0.3 is 5.97 Å². The van der Waals surface area contributed by atoms with Crippen LogP contribution in [-0.4, -0.2) is 34.7 Å². The predicted octanol–water partition coefficient (Wildman–Crippen LogP) is 3.08. The van der Waals surface area contributed by atoms with Gasteiger partial charge in [-0.2, -0.15) is 5.10 Å². The van der Waals surface area contributed by atoms with Gasteiger partial charge in [-0.1, -0.05) is 11.6 Å².